The number of imidazole rings is 1. The molecule has 3 heterocycles. The summed E-state index contributed by atoms with van der Waals surface area (Å²) in [6, 6.07) is 0. The number of aliphatic hydroxyl groups is 3. The van der Waals surface area contributed by atoms with Crippen molar-refractivity contribution < 1.29 is 20.1 Å². The topological polar surface area (TPSA) is 140 Å². The summed E-state index contributed by atoms with van der Waals surface area (Å²) in [4.78, 5) is 11.9. The van der Waals surface area contributed by atoms with Gasteiger partial charge in [0.2, 0.25) is 5.95 Å². The fourth-order valence-electron chi connectivity index (χ4n) is 2.14. The summed E-state index contributed by atoms with van der Waals surface area (Å²) >= 11 is 0. The maximum atomic E-state index is 9.95. The second-order valence-electron chi connectivity index (χ2n) is 4.32. The molecule has 0 radical (unpaired) electrons. The largest absolute Gasteiger partial charge is 0.394 e. The van der Waals surface area contributed by atoms with Gasteiger partial charge in [-0.1, -0.05) is 0 Å². The monoisotopic (exact) mass is 267 g/mol. The fourth-order valence-corrected chi connectivity index (χ4v) is 2.14. The third-order valence-electron chi connectivity index (χ3n) is 3.13. The Bertz CT molecular complexity index is 603. The van der Waals surface area contributed by atoms with Crippen molar-refractivity contribution >= 4 is 17.1 Å². The van der Waals surface area contributed by atoms with Crippen LogP contribution in [0.4, 0.5) is 5.95 Å². The predicted molar refractivity (Wildman–Crippen MR) is 62.7 cm³/mol. The van der Waals surface area contributed by atoms with Crippen molar-refractivity contribution in [3.63, 3.8) is 0 Å². The standard InChI is InChI=1S/C10H13N5O4/c11-10-12-1-4-8(14-10)15(3-13-4)9-7(18)6(17)5(2-16)19-9/h1,3,5-7,9,16-18H,2H2,(H2,11,12,14)/t5-,6-,7+,9-/m1/s1. The highest BCUT2D eigenvalue weighted by molar-refractivity contribution is 5.70. The number of nitrogens with two attached hydrogens (primary N) is 1. The van der Waals surface area contributed by atoms with E-state index in [1.54, 1.807) is 0 Å². The Labute approximate surface area is 107 Å². The lowest BCUT2D eigenvalue weighted by Gasteiger charge is -2.16. The number of anilines is 1. The summed E-state index contributed by atoms with van der Waals surface area (Å²) in [6.45, 7) is -0.390. The fraction of sp³-hybridized carbons (Fsp3) is 0.500. The van der Waals surface area contributed by atoms with Crippen LogP contribution in [0.25, 0.3) is 11.2 Å². The van der Waals surface area contributed by atoms with E-state index >= 15 is 0 Å². The number of nitrogen functional groups attached to an aromatic ring is 1. The number of nitrogens with zero attached hydrogens (tertiary/aromatic N) is 4. The molecule has 102 valence electrons. The summed E-state index contributed by atoms with van der Waals surface area (Å²) in [5.41, 5.74) is 6.39. The Kier molecular flexibility index (Phi) is 2.82. The summed E-state index contributed by atoms with van der Waals surface area (Å²) in [5, 5.41) is 28.7. The highest BCUT2D eigenvalue weighted by Crippen LogP contribution is 2.31. The van der Waals surface area contributed by atoms with Crippen LogP contribution in [-0.4, -0.2) is 59.8 Å². The van der Waals surface area contributed by atoms with E-state index in [-0.39, 0.29) is 5.95 Å². The zero-order chi connectivity index (χ0) is 13.6. The van der Waals surface area contributed by atoms with Crippen LogP contribution in [-0.2, 0) is 4.74 Å². The van der Waals surface area contributed by atoms with Gasteiger partial charge in [0, 0.05) is 0 Å². The second-order valence-corrected chi connectivity index (χ2v) is 4.32. The molecule has 4 atom stereocenters. The molecule has 2 aromatic heterocycles. The molecule has 0 unspecified atom stereocenters. The molecule has 0 aromatic carbocycles. The van der Waals surface area contributed by atoms with Gasteiger partial charge in [0.25, 0.3) is 0 Å². The highest BCUT2D eigenvalue weighted by Gasteiger charge is 2.43. The number of aromatic nitrogens is 4. The molecule has 9 heteroatoms. The normalized spacial score (nSPS) is 31.1. The molecule has 0 amide bonds. The van der Waals surface area contributed by atoms with E-state index in [0.717, 1.165) is 0 Å². The van der Waals surface area contributed by atoms with Gasteiger partial charge in [0.05, 0.1) is 19.1 Å². The van der Waals surface area contributed by atoms with Crippen molar-refractivity contribution in [2.24, 2.45) is 0 Å². The van der Waals surface area contributed by atoms with Crippen molar-refractivity contribution in [2.75, 3.05) is 12.3 Å². The molecular weight excluding hydrogens is 254 g/mol. The first kappa shape index (κ1) is 12.2. The van der Waals surface area contributed by atoms with E-state index in [9.17, 15) is 10.2 Å². The number of hydrogen-bond donors (Lipinski definition) is 4. The van der Waals surface area contributed by atoms with Gasteiger partial charge in [0.1, 0.15) is 23.8 Å². The summed E-state index contributed by atoms with van der Waals surface area (Å²) in [5.74, 6) is 0.0704. The maximum Gasteiger partial charge on any atom is 0.222 e. The number of fused-ring (bicyclic) bond motifs is 1. The zero-order valence-corrected chi connectivity index (χ0v) is 9.79. The SMILES string of the molecule is Nc1ncc2ncn([C@@H]3O[C@H](CO)[C@@H](O)[C@@H]3O)c2n1. The molecule has 0 bridgehead atoms. The van der Waals surface area contributed by atoms with Crippen molar-refractivity contribution in [1.29, 1.82) is 0 Å². The van der Waals surface area contributed by atoms with Crippen molar-refractivity contribution in [3.05, 3.63) is 12.5 Å². The first-order chi connectivity index (χ1) is 9.11. The van der Waals surface area contributed by atoms with Gasteiger partial charge in [-0.2, -0.15) is 4.98 Å². The Morgan fingerprint density at radius 2 is 2.11 bits per heavy atom. The molecule has 3 rings (SSSR count). The van der Waals surface area contributed by atoms with Crippen LogP contribution < -0.4 is 5.73 Å². The molecule has 1 aliphatic heterocycles. The summed E-state index contributed by atoms with van der Waals surface area (Å²) in [7, 11) is 0. The minimum Gasteiger partial charge on any atom is -0.394 e. The minimum atomic E-state index is -1.19. The number of ether oxygens (including phenoxy) is 1. The van der Waals surface area contributed by atoms with Crippen LogP contribution in [0.15, 0.2) is 12.5 Å². The zero-order valence-electron chi connectivity index (χ0n) is 9.79. The average molecular weight is 267 g/mol. The second kappa shape index (κ2) is 4.38. The van der Waals surface area contributed by atoms with E-state index in [1.807, 2.05) is 0 Å². The van der Waals surface area contributed by atoms with Gasteiger partial charge < -0.3 is 25.8 Å². The van der Waals surface area contributed by atoms with E-state index in [4.69, 9.17) is 15.6 Å². The van der Waals surface area contributed by atoms with Crippen LogP contribution in [0.2, 0.25) is 0 Å². The smallest absolute Gasteiger partial charge is 0.222 e. The Morgan fingerprint density at radius 1 is 1.32 bits per heavy atom. The van der Waals surface area contributed by atoms with Gasteiger partial charge in [-0.25, -0.2) is 9.97 Å². The average Bonchev–Trinajstić information content (AvgIpc) is 2.92. The summed E-state index contributed by atoms with van der Waals surface area (Å²) in [6.07, 6.45) is -1.23. The quantitative estimate of drug-likeness (QED) is 0.491. The first-order valence-corrected chi connectivity index (χ1v) is 5.69. The predicted octanol–water partition coefficient (Wildman–Crippen LogP) is -1.98. The van der Waals surface area contributed by atoms with Gasteiger partial charge in [0.15, 0.2) is 11.9 Å². The molecule has 2 aromatic rings. The lowest BCUT2D eigenvalue weighted by molar-refractivity contribution is -0.0511. The van der Waals surface area contributed by atoms with Gasteiger partial charge in [-0.15, -0.1) is 0 Å². The van der Waals surface area contributed by atoms with Crippen LogP contribution in [0, 0.1) is 0 Å². The van der Waals surface area contributed by atoms with Crippen molar-refractivity contribution in [2.45, 2.75) is 24.5 Å². The van der Waals surface area contributed by atoms with Crippen molar-refractivity contribution in [1.82, 2.24) is 19.5 Å². The van der Waals surface area contributed by atoms with E-state index in [2.05, 4.69) is 15.0 Å². The van der Waals surface area contributed by atoms with Gasteiger partial charge in [-0.05, 0) is 0 Å². The molecule has 0 saturated carbocycles. The molecule has 1 fully saturated rings. The number of hydrogen-bond acceptors (Lipinski definition) is 8. The third-order valence-corrected chi connectivity index (χ3v) is 3.13. The molecule has 0 spiro atoms. The van der Waals surface area contributed by atoms with E-state index in [0.29, 0.717) is 11.2 Å². The van der Waals surface area contributed by atoms with Crippen molar-refractivity contribution in [3.8, 4) is 0 Å². The molecule has 5 N–H and O–H groups in total. The molecule has 1 saturated heterocycles. The van der Waals surface area contributed by atoms with E-state index in [1.165, 1.54) is 17.1 Å². The van der Waals surface area contributed by atoms with E-state index < -0.39 is 31.1 Å². The first-order valence-electron chi connectivity index (χ1n) is 5.69. The van der Waals surface area contributed by atoms with Gasteiger partial charge >= 0.3 is 0 Å². The Balaban J connectivity index is 2.03. The molecule has 0 aliphatic carbocycles. The molecule has 9 nitrogen and oxygen atoms in total. The molecular formula is C10H13N5O4. The maximum absolute atomic E-state index is 9.95. The number of aliphatic hydroxyl groups excluding tert-OH is 3. The Morgan fingerprint density at radius 3 is 2.79 bits per heavy atom. The van der Waals surface area contributed by atoms with Gasteiger partial charge in [-0.3, -0.25) is 4.57 Å². The third kappa shape index (κ3) is 1.83. The minimum absolute atomic E-state index is 0.0704. The molecule has 19 heavy (non-hydrogen) atoms. The lowest BCUT2D eigenvalue weighted by atomic mass is 10.1. The van der Waals surface area contributed by atoms with Crippen LogP contribution in [0.5, 0.6) is 0 Å². The van der Waals surface area contributed by atoms with Crippen LogP contribution in [0.3, 0.4) is 0 Å². The highest BCUT2D eigenvalue weighted by atomic mass is 16.6. The van der Waals surface area contributed by atoms with Crippen LogP contribution >= 0.6 is 0 Å². The summed E-state index contributed by atoms with van der Waals surface area (Å²) < 4.78 is 6.85. The van der Waals surface area contributed by atoms with Crippen LogP contribution in [0.1, 0.15) is 6.23 Å². The Hall–Kier alpha value is -1.81. The lowest BCUT2D eigenvalue weighted by Crippen LogP contribution is -2.33. The molecule has 1 aliphatic rings. The number of rotatable bonds is 2.